The number of nitrogens with one attached hydrogen (secondary N) is 1. The number of nitrogens with zero attached hydrogens (tertiary/aromatic N) is 5. The van der Waals surface area contributed by atoms with Gasteiger partial charge < -0.3 is 15.3 Å². The molecule has 1 saturated heterocycles. The number of rotatable bonds is 7. The van der Waals surface area contributed by atoms with Crippen molar-refractivity contribution in [3.63, 3.8) is 0 Å². The third-order valence-corrected chi connectivity index (χ3v) is 6.88. The lowest BCUT2D eigenvalue weighted by Crippen LogP contribution is -2.49. The maximum atomic E-state index is 13.2. The van der Waals surface area contributed by atoms with Gasteiger partial charge in [0.2, 0.25) is 11.8 Å². The van der Waals surface area contributed by atoms with Crippen molar-refractivity contribution in [1.29, 1.82) is 0 Å². The maximum absolute atomic E-state index is 13.2. The molecule has 3 heterocycles. The fourth-order valence-corrected chi connectivity index (χ4v) is 4.51. The first-order valence-electron chi connectivity index (χ1n) is 12.9. The summed E-state index contributed by atoms with van der Waals surface area (Å²) in [6, 6.07) is 9.90. The molecule has 2 amide bonds. The Kier molecular flexibility index (Phi) is 8.27. The minimum atomic E-state index is -1.12. The Labute approximate surface area is 221 Å². The van der Waals surface area contributed by atoms with Crippen LogP contribution in [0.15, 0.2) is 41.5 Å². The Hall–Kier alpha value is -3.97. The summed E-state index contributed by atoms with van der Waals surface area (Å²) in [6.45, 7) is 4.73. The van der Waals surface area contributed by atoms with Crippen LogP contribution in [0.2, 0.25) is 0 Å². The lowest BCUT2D eigenvalue weighted by atomic mass is 9.91. The number of hydrogen-bond acceptors (Lipinski definition) is 6. The van der Waals surface area contributed by atoms with Crippen LogP contribution in [0.1, 0.15) is 44.4 Å². The van der Waals surface area contributed by atoms with Gasteiger partial charge in [0.05, 0.1) is 25.0 Å². The van der Waals surface area contributed by atoms with Crippen LogP contribution in [0.4, 0.5) is 0 Å². The molecule has 0 spiro atoms. The molecule has 1 aliphatic rings. The molecule has 1 fully saturated rings. The first kappa shape index (κ1) is 27.1. The molecule has 0 bridgehead atoms. The van der Waals surface area contributed by atoms with Crippen LogP contribution in [0.25, 0.3) is 11.0 Å². The van der Waals surface area contributed by atoms with Crippen LogP contribution in [-0.4, -0.2) is 66.4 Å². The molecule has 10 heteroatoms. The van der Waals surface area contributed by atoms with E-state index in [1.165, 1.54) is 15.6 Å². The van der Waals surface area contributed by atoms with E-state index in [-0.39, 0.29) is 41.9 Å². The molecule has 10 nitrogen and oxygen atoms in total. The molecular formula is C28H34N6O4. The van der Waals surface area contributed by atoms with E-state index < -0.39 is 5.60 Å². The summed E-state index contributed by atoms with van der Waals surface area (Å²) < 4.78 is 2.87. The van der Waals surface area contributed by atoms with Crippen molar-refractivity contribution in [2.45, 2.75) is 51.7 Å². The van der Waals surface area contributed by atoms with Gasteiger partial charge in [0, 0.05) is 32.5 Å². The maximum Gasteiger partial charge on any atom is 0.281 e. The van der Waals surface area contributed by atoms with E-state index >= 15 is 0 Å². The average molecular weight is 519 g/mol. The second-order valence-electron chi connectivity index (χ2n) is 10.1. The topological polar surface area (TPSA) is 122 Å². The third-order valence-electron chi connectivity index (χ3n) is 6.88. The Morgan fingerprint density at radius 1 is 1.16 bits per heavy atom. The van der Waals surface area contributed by atoms with Crippen molar-refractivity contribution in [3.8, 4) is 11.8 Å². The number of aromatic nitrogens is 4. The number of aryl methyl sites for hydroxylation is 2. The third kappa shape index (κ3) is 6.29. The molecule has 0 atom stereocenters. The summed E-state index contributed by atoms with van der Waals surface area (Å²) in [7, 11) is 1.68. The number of piperidine rings is 1. The van der Waals surface area contributed by atoms with Crippen molar-refractivity contribution in [2.24, 2.45) is 13.0 Å². The van der Waals surface area contributed by atoms with Gasteiger partial charge >= 0.3 is 0 Å². The molecule has 4 rings (SSSR count). The highest BCUT2D eigenvalue weighted by atomic mass is 16.3. The summed E-state index contributed by atoms with van der Waals surface area (Å²) in [6.07, 6.45) is 3.26. The zero-order valence-corrected chi connectivity index (χ0v) is 22.1. The molecule has 0 radical (unpaired) electrons. The van der Waals surface area contributed by atoms with Crippen LogP contribution in [0, 0.1) is 17.8 Å². The molecule has 3 aromatic rings. The van der Waals surface area contributed by atoms with Gasteiger partial charge in [0.1, 0.15) is 11.2 Å². The zero-order valence-electron chi connectivity index (χ0n) is 22.1. The molecule has 0 saturated carbocycles. The number of likely N-dealkylation sites (tertiary alicyclic amines) is 1. The Bertz CT molecular complexity index is 1420. The number of carbonyl (C=O) groups excluding carboxylic acids is 2. The molecule has 1 aliphatic heterocycles. The number of carbonyl (C=O) groups is 2. The second-order valence-corrected chi connectivity index (χ2v) is 10.1. The predicted molar refractivity (Wildman–Crippen MR) is 143 cm³/mol. The minimum absolute atomic E-state index is 0.0691. The number of amides is 2. The fourth-order valence-electron chi connectivity index (χ4n) is 4.51. The number of hydrogen-bond donors (Lipinski definition) is 2. The number of fused-ring (bicyclic) bond motifs is 1. The lowest BCUT2D eigenvalue weighted by molar-refractivity contribution is -0.135. The van der Waals surface area contributed by atoms with E-state index in [2.05, 4.69) is 27.2 Å². The number of benzene rings is 1. The lowest BCUT2D eigenvalue weighted by Gasteiger charge is -2.38. The van der Waals surface area contributed by atoms with E-state index in [9.17, 15) is 19.5 Å². The van der Waals surface area contributed by atoms with E-state index in [1.807, 2.05) is 30.3 Å². The van der Waals surface area contributed by atoms with Crippen molar-refractivity contribution in [2.75, 3.05) is 19.6 Å². The van der Waals surface area contributed by atoms with Crippen molar-refractivity contribution in [3.05, 3.63) is 58.3 Å². The van der Waals surface area contributed by atoms with Crippen molar-refractivity contribution in [1.82, 2.24) is 29.5 Å². The largest absolute Gasteiger partial charge is 0.388 e. The average Bonchev–Trinajstić information content (AvgIpc) is 3.23. The molecule has 2 aromatic heterocycles. The quantitative estimate of drug-likeness (QED) is 0.454. The van der Waals surface area contributed by atoms with Crippen molar-refractivity contribution >= 4 is 22.8 Å². The molecule has 0 unspecified atom stereocenters. The van der Waals surface area contributed by atoms with Crippen LogP contribution >= 0.6 is 0 Å². The smallest absolute Gasteiger partial charge is 0.281 e. The standard InChI is InChI=1S/C28H34N6O4/c1-20(2)26(36)29-15-7-10-22-24-25(31-32(22)3)27(37)34(19-30-24)18-28(38)13-16-33(17-14-28)23(35)12-11-21-8-5-4-6-9-21/h4-6,8-9,19-20,38H,11-18H2,1-3H3,(H,29,36). The molecule has 38 heavy (non-hydrogen) atoms. The summed E-state index contributed by atoms with van der Waals surface area (Å²) in [5.74, 6) is 5.68. The monoisotopic (exact) mass is 518 g/mol. The first-order chi connectivity index (χ1) is 18.2. The van der Waals surface area contributed by atoms with Gasteiger partial charge in [-0.05, 0) is 30.7 Å². The predicted octanol–water partition coefficient (Wildman–Crippen LogP) is 1.24. The van der Waals surface area contributed by atoms with Gasteiger partial charge in [-0.25, -0.2) is 4.98 Å². The summed E-state index contributed by atoms with van der Waals surface area (Å²) in [5, 5.41) is 18.2. The summed E-state index contributed by atoms with van der Waals surface area (Å²) in [4.78, 5) is 43.7. The molecule has 200 valence electrons. The van der Waals surface area contributed by atoms with Gasteiger partial charge in [-0.15, -0.1) is 0 Å². The minimum Gasteiger partial charge on any atom is -0.388 e. The molecule has 2 N–H and O–H groups in total. The fraction of sp³-hybridized carbons (Fsp3) is 0.464. The van der Waals surface area contributed by atoms with Crippen LogP contribution in [0.3, 0.4) is 0 Å². The van der Waals surface area contributed by atoms with Gasteiger partial charge in [0.25, 0.3) is 5.56 Å². The Morgan fingerprint density at radius 2 is 1.87 bits per heavy atom. The van der Waals surface area contributed by atoms with Gasteiger partial charge in [0.15, 0.2) is 5.52 Å². The van der Waals surface area contributed by atoms with Gasteiger partial charge in [-0.2, -0.15) is 5.10 Å². The van der Waals surface area contributed by atoms with Crippen molar-refractivity contribution < 1.29 is 14.7 Å². The van der Waals surface area contributed by atoms with Crippen LogP contribution in [-0.2, 0) is 29.6 Å². The summed E-state index contributed by atoms with van der Waals surface area (Å²) in [5.41, 5.74) is 0.662. The molecule has 0 aliphatic carbocycles. The van der Waals surface area contributed by atoms with E-state index in [1.54, 1.807) is 25.8 Å². The number of aliphatic hydroxyl groups is 1. The molecule has 1 aromatic carbocycles. The second kappa shape index (κ2) is 11.6. The normalized spacial score (nSPS) is 14.8. The SMILES string of the molecule is CC(C)C(=O)NCC#Cc1c2ncn(CC3(O)CCN(C(=O)CCc4ccccc4)CC3)c(=O)c2nn1C. The van der Waals surface area contributed by atoms with Crippen LogP contribution < -0.4 is 10.9 Å². The van der Waals surface area contributed by atoms with Crippen LogP contribution in [0.5, 0.6) is 0 Å². The van der Waals surface area contributed by atoms with Gasteiger partial charge in [-0.3, -0.25) is 23.6 Å². The highest BCUT2D eigenvalue weighted by Gasteiger charge is 2.34. The van der Waals surface area contributed by atoms with E-state index in [4.69, 9.17) is 0 Å². The first-order valence-corrected chi connectivity index (χ1v) is 12.9. The highest BCUT2D eigenvalue weighted by molar-refractivity contribution is 5.80. The highest BCUT2D eigenvalue weighted by Crippen LogP contribution is 2.25. The van der Waals surface area contributed by atoms with E-state index in [0.29, 0.717) is 50.0 Å². The Balaban J connectivity index is 1.38. The summed E-state index contributed by atoms with van der Waals surface area (Å²) >= 11 is 0. The Morgan fingerprint density at radius 3 is 2.55 bits per heavy atom. The van der Waals surface area contributed by atoms with Gasteiger partial charge in [-0.1, -0.05) is 50.1 Å². The molecular weight excluding hydrogens is 484 g/mol. The van der Waals surface area contributed by atoms with E-state index in [0.717, 1.165) is 5.56 Å². The zero-order chi connectivity index (χ0) is 27.3.